The Balaban J connectivity index is 2.33. The van der Waals surface area contributed by atoms with Gasteiger partial charge in [0, 0.05) is 18.8 Å². The number of rotatable bonds is 4. The first-order valence-corrected chi connectivity index (χ1v) is 6.98. The van der Waals surface area contributed by atoms with Gasteiger partial charge in [0.1, 0.15) is 6.04 Å². The molecule has 2 N–H and O–H groups in total. The van der Waals surface area contributed by atoms with E-state index in [1.165, 1.54) is 12.1 Å². The first kappa shape index (κ1) is 15.0. The minimum absolute atomic E-state index is 0.234. The van der Waals surface area contributed by atoms with Gasteiger partial charge < -0.3 is 10.6 Å². The van der Waals surface area contributed by atoms with Gasteiger partial charge in [-0.2, -0.15) is 0 Å². The fourth-order valence-corrected chi connectivity index (χ4v) is 2.54. The molecule has 1 unspecified atom stereocenters. The molecule has 0 radical (unpaired) electrons. The van der Waals surface area contributed by atoms with Gasteiger partial charge in [-0.15, -0.1) is 0 Å². The molecule has 0 aliphatic carbocycles. The third-order valence-electron chi connectivity index (χ3n) is 3.76. The molecule has 0 fully saturated rings. The third kappa shape index (κ3) is 2.37. The SMILES string of the molecule is CCN(CC)C(=O)C(C)N1C(=O)c2ccc(N)cc2C1=O. The Hall–Kier alpha value is -2.37. The van der Waals surface area contributed by atoms with E-state index in [1.807, 2.05) is 13.8 Å². The first-order chi connectivity index (χ1) is 9.92. The monoisotopic (exact) mass is 289 g/mol. The normalized spacial score (nSPS) is 15.1. The summed E-state index contributed by atoms with van der Waals surface area (Å²) in [7, 11) is 0. The number of likely N-dealkylation sites (N-methyl/N-ethyl adjacent to an activating group) is 1. The molecule has 0 spiro atoms. The summed E-state index contributed by atoms with van der Waals surface area (Å²) in [5, 5.41) is 0. The van der Waals surface area contributed by atoms with E-state index in [0.29, 0.717) is 24.3 Å². The van der Waals surface area contributed by atoms with Gasteiger partial charge in [-0.05, 0) is 39.0 Å². The highest BCUT2D eigenvalue weighted by Crippen LogP contribution is 2.27. The lowest BCUT2D eigenvalue weighted by Crippen LogP contribution is -2.49. The summed E-state index contributed by atoms with van der Waals surface area (Å²) < 4.78 is 0. The molecular formula is C15H19N3O3. The highest BCUT2D eigenvalue weighted by molar-refractivity contribution is 6.23. The molecule has 0 saturated carbocycles. The van der Waals surface area contributed by atoms with Crippen LogP contribution < -0.4 is 5.73 Å². The maximum absolute atomic E-state index is 12.4. The number of amides is 3. The van der Waals surface area contributed by atoms with Gasteiger partial charge in [-0.25, -0.2) is 0 Å². The van der Waals surface area contributed by atoms with Crippen molar-refractivity contribution in [2.24, 2.45) is 0 Å². The molecule has 1 aromatic carbocycles. The zero-order valence-corrected chi connectivity index (χ0v) is 12.4. The Labute approximate surface area is 123 Å². The van der Waals surface area contributed by atoms with Crippen molar-refractivity contribution in [3.05, 3.63) is 29.3 Å². The Morgan fingerprint density at radius 2 is 1.76 bits per heavy atom. The minimum Gasteiger partial charge on any atom is -0.399 e. The lowest BCUT2D eigenvalue weighted by atomic mass is 10.1. The summed E-state index contributed by atoms with van der Waals surface area (Å²) in [6.45, 7) is 6.37. The van der Waals surface area contributed by atoms with Gasteiger partial charge >= 0.3 is 0 Å². The molecule has 3 amide bonds. The van der Waals surface area contributed by atoms with E-state index in [1.54, 1.807) is 17.9 Å². The van der Waals surface area contributed by atoms with Crippen LogP contribution in [0.5, 0.6) is 0 Å². The van der Waals surface area contributed by atoms with E-state index >= 15 is 0 Å². The third-order valence-corrected chi connectivity index (χ3v) is 3.76. The van der Waals surface area contributed by atoms with Crippen LogP contribution in [0.2, 0.25) is 0 Å². The number of nitrogens with zero attached hydrogens (tertiary/aromatic N) is 2. The average Bonchev–Trinajstić information content (AvgIpc) is 2.71. The van der Waals surface area contributed by atoms with Crippen molar-refractivity contribution >= 4 is 23.4 Å². The van der Waals surface area contributed by atoms with Crippen molar-refractivity contribution in [3.63, 3.8) is 0 Å². The van der Waals surface area contributed by atoms with Crippen molar-refractivity contribution in [2.45, 2.75) is 26.8 Å². The molecule has 0 aromatic heterocycles. The van der Waals surface area contributed by atoms with E-state index in [2.05, 4.69) is 0 Å². The molecule has 1 aliphatic rings. The number of imide groups is 1. The number of carbonyl (C=O) groups is 3. The smallest absolute Gasteiger partial charge is 0.262 e. The zero-order valence-electron chi connectivity index (χ0n) is 12.4. The van der Waals surface area contributed by atoms with E-state index in [-0.39, 0.29) is 11.5 Å². The summed E-state index contributed by atoms with van der Waals surface area (Å²) in [4.78, 5) is 39.7. The minimum atomic E-state index is -0.821. The Bertz CT molecular complexity index is 608. The van der Waals surface area contributed by atoms with Crippen molar-refractivity contribution in [1.82, 2.24) is 9.80 Å². The number of hydrogen-bond acceptors (Lipinski definition) is 4. The molecule has 112 valence electrons. The Morgan fingerprint density at radius 3 is 2.33 bits per heavy atom. The summed E-state index contributed by atoms with van der Waals surface area (Å²) in [6, 6.07) is 3.76. The van der Waals surface area contributed by atoms with E-state index in [9.17, 15) is 14.4 Å². The van der Waals surface area contributed by atoms with Gasteiger partial charge in [0.05, 0.1) is 11.1 Å². The quantitative estimate of drug-likeness (QED) is 0.665. The molecule has 0 bridgehead atoms. The molecule has 0 saturated heterocycles. The second-order valence-electron chi connectivity index (χ2n) is 4.97. The average molecular weight is 289 g/mol. The number of nitrogen functional groups attached to an aromatic ring is 1. The number of fused-ring (bicyclic) bond motifs is 1. The summed E-state index contributed by atoms with van der Waals surface area (Å²) in [5.41, 5.74) is 6.63. The fraction of sp³-hybridized carbons (Fsp3) is 0.400. The molecule has 1 aliphatic heterocycles. The van der Waals surface area contributed by atoms with Crippen LogP contribution in [0, 0.1) is 0 Å². The van der Waals surface area contributed by atoms with Crippen molar-refractivity contribution < 1.29 is 14.4 Å². The topological polar surface area (TPSA) is 83.7 Å². The van der Waals surface area contributed by atoms with Crippen LogP contribution in [0.15, 0.2) is 18.2 Å². The lowest BCUT2D eigenvalue weighted by molar-refractivity contribution is -0.134. The highest BCUT2D eigenvalue weighted by atomic mass is 16.2. The molecule has 6 nitrogen and oxygen atoms in total. The number of nitrogens with two attached hydrogens (primary N) is 1. The molecule has 21 heavy (non-hydrogen) atoms. The predicted octanol–water partition coefficient (Wildman–Crippen LogP) is 1.12. The van der Waals surface area contributed by atoms with Gasteiger partial charge in [0.25, 0.3) is 11.8 Å². The van der Waals surface area contributed by atoms with Crippen LogP contribution in [0.4, 0.5) is 5.69 Å². The van der Waals surface area contributed by atoms with Gasteiger partial charge in [0.2, 0.25) is 5.91 Å². The van der Waals surface area contributed by atoms with Gasteiger partial charge in [-0.1, -0.05) is 0 Å². The van der Waals surface area contributed by atoms with Crippen molar-refractivity contribution in [3.8, 4) is 0 Å². The molecule has 1 atom stereocenters. The molecule has 1 heterocycles. The second-order valence-corrected chi connectivity index (χ2v) is 4.97. The maximum atomic E-state index is 12.4. The molecular weight excluding hydrogens is 270 g/mol. The van der Waals surface area contributed by atoms with Crippen LogP contribution >= 0.6 is 0 Å². The zero-order chi connectivity index (χ0) is 15.7. The lowest BCUT2D eigenvalue weighted by Gasteiger charge is -2.27. The van der Waals surface area contributed by atoms with Crippen LogP contribution in [0.25, 0.3) is 0 Å². The number of carbonyl (C=O) groups excluding carboxylic acids is 3. The molecule has 1 aromatic rings. The summed E-state index contributed by atoms with van der Waals surface area (Å²) in [6.07, 6.45) is 0. The largest absolute Gasteiger partial charge is 0.399 e. The van der Waals surface area contributed by atoms with Crippen LogP contribution in [0.1, 0.15) is 41.5 Å². The summed E-state index contributed by atoms with van der Waals surface area (Å²) >= 11 is 0. The Kier molecular flexibility index (Phi) is 3.97. The standard InChI is InChI=1S/C15H19N3O3/c1-4-17(5-2)13(19)9(3)18-14(20)11-7-6-10(16)8-12(11)15(18)21/h6-9H,4-5,16H2,1-3H3. The number of hydrogen-bond donors (Lipinski definition) is 1. The van der Waals surface area contributed by atoms with Crippen LogP contribution in [-0.2, 0) is 4.79 Å². The molecule has 6 heteroatoms. The predicted molar refractivity (Wildman–Crippen MR) is 78.7 cm³/mol. The number of anilines is 1. The summed E-state index contributed by atoms with van der Waals surface area (Å²) in [5.74, 6) is -1.14. The van der Waals surface area contributed by atoms with Gasteiger partial charge in [0.15, 0.2) is 0 Å². The Morgan fingerprint density at radius 1 is 1.19 bits per heavy atom. The van der Waals surface area contributed by atoms with E-state index < -0.39 is 17.9 Å². The van der Waals surface area contributed by atoms with Crippen LogP contribution in [0.3, 0.4) is 0 Å². The van der Waals surface area contributed by atoms with Crippen molar-refractivity contribution in [2.75, 3.05) is 18.8 Å². The maximum Gasteiger partial charge on any atom is 0.262 e. The van der Waals surface area contributed by atoms with E-state index in [0.717, 1.165) is 4.90 Å². The van der Waals surface area contributed by atoms with Crippen LogP contribution in [-0.4, -0.2) is 46.7 Å². The van der Waals surface area contributed by atoms with Gasteiger partial charge in [-0.3, -0.25) is 19.3 Å². The fourth-order valence-electron chi connectivity index (χ4n) is 2.54. The highest BCUT2D eigenvalue weighted by Gasteiger charge is 2.41. The van der Waals surface area contributed by atoms with E-state index in [4.69, 9.17) is 5.73 Å². The first-order valence-electron chi connectivity index (χ1n) is 6.98. The molecule has 2 rings (SSSR count). The number of benzene rings is 1. The van der Waals surface area contributed by atoms with Crippen molar-refractivity contribution in [1.29, 1.82) is 0 Å². The second kappa shape index (κ2) is 5.55.